The molecule has 0 aromatic heterocycles. The second kappa shape index (κ2) is 6.57. The minimum absolute atomic E-state index is 0.130. The molecule has 0 aliphatic rings. The molecule has 1 rings (SSSR count). The Labute approximate surface area is 118 Å². The second-order valence-corrected chi connectivity index (χ2v) is 4.98. The molecule has 19 heavy (non-hydrogen) atoms. The average Bonchev–Trinajstić information content (AvgIpc) is 2.33. The maximum absolute atomic E-state index is 12.1. The average molecular weight is 284 g/mol. The minimum Gasteiger partial charge on any atom is -0.469 e. The van der Waals surface area contributed by atoms with E-state index in [0.29, 0.717) is 10.6 Å². The number of halogens is 1. The molecule has 1 N–H and O–H groups in total. The molecule has 0 unspecified atom stereocenters. The van der Waals surface area contributed by atoms with Gasteiger partial charge in [-0.15, -0.1) is 0 Å². The molecule has 0 saturated heterocycles. The largest absolute Gasteiger partial charge is 0.469 e. The van der Waals surface area contributed by atoms with Crippen molar-refractivity contribution in [2.24, 2.45) is 0 Å². The highest BCUT2D eigenvalue weighted by Crippen LogP contribution is 2.21. The first-order valence-electron chi connectivity index (χ1n) is 5.99. The summed E-state index contributed by atoms with van der Waals surface area (Å²) in [6.07, 6.45) is 0.130. The molecule has 0 heterocycles. The van der Waals surface area contributed by atoms with Crippen LogP contribution in [0.3, 0.4) is 0 Å². The molecule has 4 nitrogen and oxygen atoms in total. The number of benzene rings is 1. The summed E-state index contributed by atoms with van der Waals surface area (Å²) in [5.41, 5.74) is 2.45. The van der Waals surface area contributed by atoms with Crippen molar-refractivity contribution in [1.82, 2.24) is 5.32 Å². The Kier molecular flexibility index (Phi) is 5.36. The van der Waals surface area contributed by atoms with Gasteiger partial charge in [-0.2, -0.15) is 0 Å². The Morgan fingerprint density at radius 2 is 1.89 bits per heavy atom. The van der Waals surface area contributed by atoms with Crippen LogP contribution in [-0.4, -0.2) is 25.0 Å². The summed E-state index contributed by atoms with van der Waals surface area (Å²) in [6, 6.07) is 3.20. The SMILES string of the molecule is COC(=O)C[C@H](C)NC(=O)c1cc(C)c(C)cc1Cl. The highest BCUT2D eigenvalue weighted by molar-refractivity contribution is 6.34. The topological polar surface area (TPSA) is 55.4 Å². The number of ether oxygens (including phenoxy) is 1. The monoisotopic (exact) mass is 283 g/mol. The smallest absolute Gasteiger partial charge is 0.307 e. The fourth-order valence-corrected chi connectivity index (χ4v) is 1.94. The fraction of sp³-hybridized carbons (Fsp3) is 0.429. The molecule has 5 heteroatoms. The Bertz CT molecular complexity index is 500. The van der Waals surface area contributed by atoms with Crippen LogP contribution in [0.5, 0.6) is 0 Å². The van der Waals surface area contributed by atoms with Crippen molar-refractivity contribution in [3.8, 4) is 0 Å². The van der Waals surface area contributed by atoms with E-state index in [0.717, 1.165) is 11.1 Å². The van der Waals surface area contributed by atoms with Gasteiger partial charge in [-0.05, 0) is 44.0 Å². The molecule has 0 radical (unpaired) electrons. The molecule has 1 atom stereocenters. The van der Waals surface area contributed by atoms with Crippen molar-refractivity contribution in [2.75, 3.05) is 7.11 Å². The third-order valence-electron chi connectivity index (χ3n) is 2.91. The molecule has 1 amide bonds. The molecule has 0 bridgehead atoms. The van der Waals surface area contributed by atoms with Gasteiger partial charge in [-0.1, -0.05) is 11.6 Å². The van der Waals surface area contributed by atoms with Gasteiger partial charge in [-0.25, -0.2) is 0 Å². The number of aryl methyl sites for hydroxylation is 2. The zero-order valence-electron chi connectivity index (χ0n) is 11.5. The van der Waals surface area contributed by atoms with Crippen LogP contribution in [0, 0.1) is 13.8 Å². The summed E-state index contributed by atoms with van der Waals surface area (Å²) in [5, 5.41) is 3.13. The Morgan fingerprint density at radius 1 is 1.32 bits per heavy atom. The number of rotatable bonds is 4. The summed E-state index contributed by atoms with van der Waals surface area (Å²) in [7, 11) is 1.32. The van der Waals surface area contributed by atoms with Crippen molar-refractivity contribution < 1.29 is 14.3 Å². The van der Waals surface area contributed by atoms with Crippen LogP contribution in [0.4, 0.5) is 0 Å². The summed E-state index contributed by atoms with van der Waals surface area (Å²) in [5.74, 6) is -0.650. The van der Waals surface area contributed by atoms with Gasteiger partial charge in [-0.3, -0.25) is 9.59 Å². The standard InChI is InChI=1S/C14H18ClNO3/c1-8-5-11(12(15)6-9(8)2)14(18)16-10(3)7-13(17)19-4/h5-6,10H,7H2,1-4H3,(H,16,18)/t10-/m0/s1. The predicted octanol–water partition coefficient (Wildman–Crippen LogP) is 2.64. The summed E-state index contributed by atoms with van der Waals surface area (Å²) in [4.78, 5) is 23.2. The lowest BCUT2D eigenvalue weighted by Gasteiger charge is -2.14. The van der Waals surface area contributed by atoms with Gasteiger partial charge in [0.15, 0.2) is 0 Å². The molecule has 0 aliphatic carbocycles. The van der Waals surface area contributed by atoms with Crippen molar-refractivity contribution >= 4 is 23.5 Å². The van der Waals surface area contributed by atoms with Gasteiger partial charge >= 0.3 is 5.97 Å². The molecule has 1 aromatic rings. The lowest BCUT2D eigenvalue weighted by atomic mass is 10.1. The van der Waals surface area contributed by atoms with Gasteiger partial charge < -0.3 is 10.1 Å². The number of methoxy groups -OCH3 is 1. The molecule has 0 aliphatic heterocycles. The van der Waals surface area contributed by atoms with E-state index in [-0.39, 0.29) is 24.3 Å². The third kappa shape index (κ3) is 4.24. The predicted molar refractivity (Wildman–Crippen MR) is 74.5 cm³/mol. The fourth-order valence-electron chi connectivity index (χ4n) is 1.64. The number of nitrogens with one attached hydrogen (secondary N) is 1. The zero-order valence-corrected chi connectivity index (χ0v) is 12.3. The Morgan fingerprint density at radius 3 is 2.47 bits per heavy atom. The van der Waals surface area contributed by atoms with E-state index >= 15 is 0 Å². The van der Waals surface area contributed by atoms with Crippen LogP contribution in [0.25, 0.3) is 0 Å². The maximum atomic E-state index is 12.1. The van der Waals surface area contributed by atoms with Crippen LogP contribution in [0.2, 0.25) is 5.02 Å². The van der Waals surface area contributed by atoms with Crippen LogP contribution < -0.4 is 5.32 Å². The van der Waals surface area contributed by atoms with E-state index in [4.69, 9.17) is 11.6 Å². The van der Waals surface area contributed by atoms with E-state index in [1.165, 1.54) is 7.11 Å². The normalized spacial score (nSPS) is 11.8. The quantitative estimate of drug-likeness (QED) is 0.864. The van der Waals surface area contributed by atoms with E-state index in [9.17, 15) is 9.59 Å². The molecule has 0 fully saturated rings. The molecule has 0 spiro atoms. The first-order chi connectivity index (χ1) is 8.85. The lowest BCUT2D eigenvalue weighted by Crippen LogP contribution is -2.34. The van der Waals surface area contributed by atoms with Crippen LogP contribution >= 0.6 is 11.6 Å². The zero-order chi connectivity index (χ0) is 14.6. The number of carbonyl (C=O) groups is 2. The molecular weight excluding hydrogens is 266 g/mol. The van der Waals surface area contributed by atoms with Gasteiger partial charge in [0.05, 0.1) is 24.1 Å². The van der Waals surface area contributed by atoms with Gasteiger partial charge in [0.2, 0.25) is 0 Å². The number of amides is 1. The third-order valence-corrected chi connectivity index (χ3v) is 3.22. The molecular formula is C14H18ClNO3. The lowest BCUT2D eigenvalue weighted by molar-refractivity contribution is -0.141. The van der Waals surface area contributed by atoms with Crippen molar-refractivity contribution in [3.05, 3.63) is 33.8 Å². The number of hydrogen-bond acceptors (Lipinski definition) is 3. The summed E-state index contributed by atoms with van der Waals surface area (Å²) in [6.45, 7) is 5.59. The van der Waals surface area contributed by atoms with Crippen molar-refractivity contribution in [1.29, 1.82) is 0 Å². The maximum Gasteiger partial charge on any atom is 0.307 e. The van der Waals surface area contributed by atoms with Gasteiger partial charge in [0.1, 0.15) is 0 Å². The second-order valence-electron chi connectivity index (χ2n) is 4.57. The highest BCUT2D eigenvalue weighted by atomic mass is 35.5. The van der Waals surface area contributed by atoms with E-state index in [1.807, 2.05) is 13.8 Å². The first kappa shape index (κ1) is 15.5. The van der Waals surface area contributed by atoms with Crippen molar-refractivity contribution in [3.63, 3.8) is 0 Å². The summed E-state index contributed by atoms with van der Waals surface area (Å²) < 4.78 is 4.55. The molecule has 1 aromatic carbocycles. The van der Waals surface area contributed by atoms with E-state index in [1.54, 1.807) is 19.1 Å². The van der Waals surface area contributed by atoms with Crippen LogP contribution in [0.1, 0.15) is 34.8 Å². The van der Waals surface area contributed by atoms with Crippen LogP contribution in [-0.2, 0) is 9.53 Å². The Balaban J connectivity index is 2.78. The molecule has 104 valence electrons. The van der Waals surface area contributed by atoms with E-state index in [2.05, 4.69) is 10.1 Å². The highest BCUT2D eigenvalue weighted by Gasteiger charge is 2.16. The number of esters is 1. The number of carbonyl (C=O) groups excluding carboxylic acids is 2. The van der Waals surface area contributed by atoms with Gasteiger partial charge in [0.25, 0.3) is 5.91 Å². The van der Waals surface area contributed by atoms with Gasteiger partial charge in [0, 0.05) is 6.04 Å². The van der Waals surface area contributed by atoms with E-state index < -0.39 is 0 Å². The van der Waals surface area contributed by atoms with Crippen molar-refractivity contribution in [2.45, 2.75) is 33.2 Å². The summed E-state index contributed by atoms with van der Waals surface area (Å²) >= 11 is 6.06. The minimum atomic E-state index is -0.362. The Hall–Kier alpha value is -1.55. The molecule has 0 saturated carbocycles. The first-order valence-corrected chi connectivity index (χ1v) is 6.37. The number of hydrogen-bond donors (Lipinski definition) is 1. The van der Waals surface area contributed by atoms with Crippen LogP contribution in [0.15, 0.2) is 12.1 Å².